The van der Waals surface area contributed by atoms with Gasteiger partial charge in [-0.15, -0.1) is 0 Å². The number of nitrogens with zero attached hydrogens (tertiary/aromatic N) is 1. The summed E-state index contributed by atoms with van der Waals surface area (Å²) < 4.78 is 0. The van der Waals surface area contributed by atoms with Crippen molar-refractivity contribution in [2.75, 3.05) is 19.6 Å². The molecule has 5 heteroatoms. The highest BCUT2D eigenvalue weighted by atomic mass is 16.2. The molecule has 0 aromatic heterocycles. The Morgan fingerprint density at radius 3 is 2.50 bits per heavy atom. The zero-order valence-electron chi connectivity index (χ0n) is 13.5. The fraction of sp³-hybridized carbons (Fsp3) is 0.263. The van der Waals surface area contributed by atoms with Crippen LogP contribution in [-0.4, -0.2) is 36.3 Å². The fourth-order valence-electron chi connectivity index (χ4n) is 2.73. The Kier molecular flexibility index (Phi) is 5.23. The van der Waals surface area contributed by atoms with E-state index < -0.39 is 0 Å². The lowest BCUT2D eigenvalue weighted by atomic mass is 10.1. The van der Waals surface area contributed by atoms with E-state index in [1.807, 2.05) is 54.6 Å². The lowest BCUT2D eigenvalue weighted by Crippen LogP contribution is -2.47. The summed E-state index contributed by atoms with van der Waals surface area (Å²) in [6, 6.07) is 17.4. The van der Waals surface area contributed by atoms with Crippen LogP contribution in [0, 0.1) is 0 Å². The summed E-state index contributed by atoms with van der Waals surface area (Å²) >= 11 is 0. The van der Waals surface area contributed by atoms with Gasteiger partial charge in [-0.05, 0) is 23.3 Å². The van der Waals surface area contributed by atoms with Crippen LogP contribution in [0.15, 0.2) is 54.6 Å². The molecule has 0 spiro atoms. The van der Waals surface area contributed by atoms with Crippen molar-refractivity contribution in [2.45, 2.75) is 13.1 Å². The van der Waals surface area contributed by atoms with Crippen LogP contribution < -0.4 is 10.6 Å². The highest BCUT2D eigenvalue weighted by Gasteiger charge is 2.16. The van der Waals surface area contributed by atoms with Gasteiger partial charge < -0.3 is 10.6 Å². The average molecular weight is 323 g/mol. The molecule has 1 aliphatic rings. The van der Waals surface area contributed by atoms with Crippen LogP contribution in [0.1, 0.15) is 21.5 Å². The molecule has 0 unspecified atom stereocenters. The molecule has 0 bridgehead atoms. The van der Waals surface area contributed by atoms with E-state index in [0.29, 0.717) is 25.2 Å². The molecule has 0 radical (unpaired) electrons. The van der Waals surface area contributed by atoms with Crippen molar-refractivity contribution in [1.29, 1.82) is 0 Å². The number of nitrogens with one attached hydrogen (secondary N) is 2. The molecular formula is C19H21N3O2. The van der Waals surface area contributed by atoms with Crippen LogP contribution in [0.3, 0.4) is 0 Å². The Bertz CT molecular complexity index is 698. The normalized spacial score (nSPS) is 14.9. The second kappa shape index (κ2) is 7.75. The molecule has 124 valence electrons. The van der Waals surface area contributed by atoms with Crippen molar-refractivity contribution < 1.29 is 9.59 Å². The lowest BCUT2D eigenvalue weighted by Gasteiger charge is -2.26. The first-order chi connectivity index (χ1) is 11.7. The van der Waals surface area contributed by atoms with E-state index in [1.54, 1.807) is 0 Å². The molecule has 0 aliphatic carbocycles. The smallest absolute Gasteiger partial charge is 0.251 e. The van der Waals surface area contributed by atoms with Crippen molar-refractivity contribution in [3.63, 3.8) is 0 Å². The minimum absolute atomic E-state index is 0.0677. The van der Waals surface area contributed by atoms with Crippen LogP contribution in [-0.2, 0) is 17.9 Å². The van der Waals surface area contributed by atoms with Crippen molar-refractivity contribution >= 4 is 11.8 Å². The van der Waals surface area contributed by atoms with Gasteiger partial charge in [0.2, 0.25) is 5.91 Å². The molecule has 1 saturated heterocycles. The standard InChI is InChI=1S/C19H21N3O2/c23-18-14-22(11-10-20-18)13-16-6-8-17(9-7-16)19(24)21-12-15-4-2-1-3-5-15/h1-9H,10-14H2,(H,20,23)(H,21,24). The minimum atomic E-state index is -0.0808. The molecule has 2 aromatic carbocycles. The number of hydrogen-bond donors (Lipinski definition) is 2. The number of rotatable bonds is 5. The maximum atomic E-state index is 12.2. The Hall–Kier alpha value is -2.66. The van der Waals surface area contributed by atoms with Gasteiger partial charge in [0.15, 0.2) is 0 Å². The van der Waals surface area contributed by atoms with E-state index in [-0.39, 0.29) is 11.8 Å². The molecule has 0 saturated carbocycles. The molecule has 5 nitrogen and oxygen atoms in total. The van der Waals surface area contributed by atoms with Gasteiger partial charge in [0.25, 0.3) is 5.91 Å². The van der Waals surface area contributed by atoms with E-state index in [2.05, 4.69) is 15.5 Å². The predicted octanol–water partition coefficient (Wildman–Crippen LogP) is 1.55. The van der Waals surface area contributed by atoms with Crippen molar-refractivity contribution in [2.24, 2.45) is 0 Å². The number of hydrogen-bond acceptors (Lipinski definition) is 3. The monoisotopic (exact) mass is 323 g/mol. The van der Waals surface area contributed by atoms with E-state index in [0.717, 1.165) is 24.2 Å². The number of piperazine rings is 1. The van der Waals surface area contributed by atoms with Gasteiger partial charge >= 0.3 is 0 Å². The van der Waals surface area contributed by atoms with Gasteiger partial charge in [0, 0.05) is 31.7 Å². The third-order valence-electron chi connectivity index (χ3n) is 4.04. The lowest BCUT2D eigenvalue weighted by molar-refractivity contribution is -0.124. The van der Waals surface area contributed by atoms with Crippen molar-refractivity contribution in [3.8, 4) is 0 Å². The van der Waals surface area contributed by atoms with Gasteiger partial charge in [-0.3, -0.25) is 14.5 Å². The summed E-state index contributed by atoms with van der Waals surface area (Å²) in [6.07, 6.45) is 0. The first-order valence-corrected chi connectivity index (χ1v) is 8.11. The molecule has 24 heavy (non-hydrogen) atoms. The molecule has 1 fully saturated rings. The number of carbonyl (C=O) groups excluding carboxylic acids is 2. The van der Waals surface area contributed by atoms with E-state index >= 15 is 0 Å². The topological polar surface area (TPSA) is 61.4 Å². The second-order valence-corrected chi connectivity index (χ2v) is 5.93. The third kappa shape index (κ3) is 4.43. The van der Waals surface area contributed by atoms with Gasteiger partial charge in [0.05, 0.1) is 6.54 Å². The van der Waals surface area contributed by atoms with Crippen LogP contribution >= 0.6 is 0 Å². The maximum Gasteiger partial charge on any atom is 0.251 e. The largest absolute Gasteiger partial charge is 0.354 e. The summed E-state index contributed by atoms with van der Waals surface area (Å²) in [4.78, 5) is 25.7. The summed E-state index contributed by atoms with van der Waals surface area (Å²) in [6.45, 7) is 3.22. The Balaban J connectivity index is 1.53. The molecule has 1 heterocycles. The summed E-state index contributed by atoms with van der Waals surface area (Å²) in [7, 11) is 0. The van der Waals surface area contributed by atoms with Crippen molar-refractivity contribution in [1.82, 2.24) is 15.5 Å². The fourth-order valence-corrected chi connectivity index (χ4v) is 2.73. The highest BCUT2D eigenvalue weighted by molar-refractivity contribution is 5.94. The molecule has 2 amide bonds. The molecule has 2 N–H and O–H groups in total. The maximum absolute atomic E-state index is 12.2. The van der Waals surface area contributed by atoms with Crippen molar-refractivity contribution in [3.05, 3.63) is 71.3 Å². The second-order valence-electron chi connectivity index (χ2n) is 5.93. The van der Waals surface area contributed by atoms with Crippen LogP contribution in [0.5, 0.6) is 0 Å². The van der Waals surface area contributed by atoms with Gasteiger partial charge in [0.1, 0.15) is 0 Å². The summed E-state index contributed by atoms with van der Waals surface area (Å²) in [5.74, 6) is -0.0130. The average Bonchev–Trinajstić information content (AvgIpc) is 2.61. The Morgan fingerprint density at radius 2 is 1.79 bits per heavy atom. The highest BCUT2D eigenvalue weighted by Crippen LogP contribution is 2.09. The Labute approximate surface area is 141 Å². The Morgan fingerprint density at radius 1 is 1.04 bits per heavy atom. The number of benzene rings is 2. The summed E-state index contributed by atoms with van der Waals surface area (Å²) in [5, 5.41) is 5.74. The van der Waals surface area contributed by atoms with Gasteiger partial charge in [-0.1, -0.05) is 42.5 Å². The number of carbonyl (C=O) groups is 2. The van der Waals surface area contributed by atoms with E-state index in [4.69, 9.17) is 0 Å². The first kappa shape index (κ1) is 16.2. The summed E-state index contributed by atoms with van der Waals surface area (Å²) in [5.41, 5.74) is 2.82. The molecule has 2 aromatic rings. The first-order valence-electron chi connectivity index (χ1n) is 8.11. The zero-order valence-corrected chi connectivity index (χ0v) is 13.5. The molecular weight excluding hydrogens is 302 g/mol. The van der Waals surface area contributed by atoms with E-state index in [9.17, 15) is 9.59 Å². The SMILES string of the molecule is O=C1CN(Cc2ccc(C(=O)NCc3ccccc3)cc2)CCN1. The van der Waals surface area contributed by atoms with Crippen LogP contribution in [0.4, 0.5) is 0 Å². The van der Waals surface area contributed by atoms with Crippen LogP contribution in [0.25, 0.3) is 0 Å². The van der Waals surface area contributed by atoms with Crippen LogP contribution in [0.2, 0.25) is 0 Å². The molecule has 3 rings (SSSR count). The van der Waals surface area contributed by atoms with E-state index in [1.165, 1.54) is 0 Å². The zero-order chi connectivity index (χ0) is 16.8. The predicted molar refractivity (Wildman–Crippen MR) is 92.3 cm³/mol. The van der Waals surface area contributed by atoms with Gasteiger partial charge in [-0.25, -0.2) is 0 Å². The van der Waals surface area contributed by atoms with Gasteiger partial charge in [-0.2, -0.15) is 0 Å². The number of amides is 2. The quantitative estimate of drug-likeness (QED) is 0.877. The molecule has 0 atom stereocenters. The molecule has 1 aliphatic heterocycles. The minimum Gasteiger partial charge on any atom is -0.354 e. The third-order valence-corrected chi connectivity index (χ3v) is 4.04.